The maximum absolute atomic E-state index is 13.1. The van der Waals surface area contributed by atoms with Crippen molar-refractivity contribution in [3.63, 3.8) is 0 Å². The summed E-state index contributed by atoms with van der Waals surface area (Å²) in [4.78, 5) is 59.1. The fourth-order valence-corrected chi connectivity index (χ4v) is 14.4. The fourth-order valence-electron chi connectivity index (χ4n) is 12.8. The molecule has 5 unspecified atom stereocenters. The average Bonchev–Trinajstić information content (AvgIpc) is 0.905. The third kappa shape index (κ3) is 93.5. The van der Waals surface area contributed by atoms with E-state index < -0.39 is 91.5 Å². The molecule has 16 nitrogen and oxygen atoms in total. The second-order valence-corrected chi connectivity index (χ2v) is 34.3. The maximum atomic E-state index is 13.1. The van der Waals surface area contributed by atoms with Crippen LogP contribution in [0.2, 0.25) is 0 Å². The molecule has 18 heteroatoms. The van der Waals surface area contributed by atoms with E-state index in [0.29, 0.717) is 19.3 Å². The molecule has 0 aliphatic rings. The van der Waals surface area contributed by atoms with Gasteiger partial charge in [-0.15, -0.1) is 0 Å². The van der Waals surface area contributed by atoms with Crippen LogP contribution in [-0.2, 0) is 55.8 Å². The van der Waals surface area contributed by atoms with Crippen LogP contribution in [0.15, 0.2) is 170 Å². The molecule has 0 aromatic carbocycles. The van der Waals surface area contributed by atoms with Crippen molar-refractivity contribution in [1.29, 1.82) is 0 Å². The fraction of sp³-hybridized carbons (Fsp3) is 0.693. The van der Waals surface area contributed by atoms with Crippen molar-refractivity contribution in [3.05, 3.63) is 170 Å². The Morgan fingerprint density at radius 2 is 0.445 bits per heavy atom. The van der Waals surface area contributed by atoms with E-state index in [9.17, 15) is 43.5 Å². The zero-order chi connectivity index (χ0) is 86.5. The molecular weight excluding hydrogens is 1530 g/mol. The lowest BCUT2D eigenvalue weighted by Crippen LogP contribution is -2.30. The van der Waals surface area contributed by atoms with Crippen molar-refractivity contribution in [3.8, 4) is 0 Å². The Hall–Kier alpha value is -5.09. The lowest BCUT2D eigenvalue weighted by atomic mass is 10.0. The summed E-state index contributed by atoms with van der Waals surface area (Å²) in [5, 5.41) is 20.8. The van der Waals surface area contributed by atoms with E-state index in [1.165, 1.54) is 167 Å². The van der Waals surface area contributed by atoms with Crippen LogP contribution >= 0.6 is 15.6 Å². The Bertz CT molecular complexity index is 2840. The number of carbonyl (C=O) groups is 3. The molecule has 0 rings (SSSR count). The summed E-state index contributed by atoms with van der Waals surface area (Å²) in [6.07, 6.45) is 120. The minimum atomic E-state index is -4.95. The Labute approximate surface area is 726 Å². The van der Waals surface area contributed by atoms with Gasteiger partial charge in [0.15, 0.2) is 6.10 Å². The largest absolute Gasteiger partial charge is 0.472 e. The molecule has 0 heterocycles. The Balaban J connectivity index is 4.63. The summed E-state index contributed by atoms with van der Waals surface area (Å²) >= 11 is 0. The van der Waals surface area contributed by atoms with Gasteiger partial charge in [-0.3, -0.25) is 32.5 Å². The van der Waals surface area contributed by atoms with Gasteiger partial charge in [-0.1, -0.05) is 390 Å². The quantitative estimate of drug-likeness (QED) is 0.0146. The maximum Gasteiger partial charge on any atom is 0.472 e. The van der Waals surface area contributed by atoms with Crippen LogP contribution in [0, 0.1) is 0 Å². The molecule has 0 bridgehead atoms. The van der Waals surface area contributed by atoms with Gasteiger partial charge in [0.1, 0.15) is 25.4 Å². The molecule has 0 aromatic rings. The van der Waals surface area contributed by atoms with Gasteiger partial charge >= 0.3 is 33.6 Å². The second-order valence-electron chi connectivity index (χ2n) is 31.4. The molecule has 0 fully saturated rings. The van der Waals surface area contributed by atoms with Crippen LogP contribution in [0.3, 0.4) is 0 Å². The van der Waals surface area contributed by atoms with E-state index in [-0.39, 0.29) is 19.3 Å². The van der Waals surface area contributed by atoms with Crippen LogP contribution in [0.1, 0.15) is 393 Å². The number of phosphoric ester groups is 2. The van der Waals surface area contributed by atoms with Gasteiger partial charge < -0.3 is 34.2 Å². The monoisotopic (exact) mass is 1700 g/mol. The van der Waals surface area contributed by atoms with Gasteiger partial charge in [0.25, 0.3) is 0 Å². The van der Waals surface area contributed by atoms with Crippen LogP contribution < -0.4 is 0 Å². The lowest BCUT2D eigenvalue weighted by Gasteiger charge is -2.21. The molecule has 0 aromatic heterocycles. The number of rotatable bonds is 89. The van der Waals surface area contributed by atoms with E-state index in [0.717, 1.165) is 167 Å². The van der Waals surface area contributed by atoms with Gasteiger partial charge in [0, 0.05) is 19.3 Å². The summed E-state index contributed by atoms with van der Waals surface area (Å²) in [5.41, 5.74) is 0. The van der Waals surface area contributed by atoms with Gasteiger partial charge in [0.2, 0.25) is 0 Å². The molecule has 0 saturated carbocycles. The highest BCUT2D eigenvalue weighted by atomic mass is 31.2. The summed E-state index contributed by atoms with van der Waals surface area (Å²) in [6, 6.07) is 0. The average molecular weight is 1700 g/mol. The lowest BCUT2D eigenvalue weighted by molar-refractivity contribution is -0.161. The topological polar surface area (TPSA) is 231 Å². The van der Waals surface area contributed by atoms with Gasteiger partial charge in [-0.2, -0.15) is 0 Å². The number of aliphatic hydroxyl groups excluding tert-OH is 2. The standard InChI is InChI=1S/C101H172O16P2/c1-4-7-10-13-16-19-22-25-28-31-34-37-40-43-45-46-47-48-50-53-54-57-60-63-66-69-72-75-78-81-84-87-99(104)111-90-96(102)91-113-118(107,108)114-92-97(103)93-115-119(109,110)116-95-98(117-101(106)89-86-83-80-77-74-71-68-65-62-59-56-51-42-39-36-33-30-27-24-21-18-15-12-9-6-3)94-112-100(105)88-85-82-79-76-73-70-67-64-61-58-55-52-49-44-41-38-35-32-29-26-23-20-17-14-11-8-5-2/h7,9-10,12,16-21,25-30,34-39,43-45,49,51,56,96-98,102-103H,4-6,8,11,13-15,22-24,31-33,40-42,46-48,50,52-55,57-95H2,1-3H3,(H,107,108)(H,109,110)/b10-7-,12-9-,19-16-,20-17-,21-18-,28-25-,29-26-,30-27-,37-34-,38-35-,39-36-,45-43-,49-44-,56-51-. The highest BCUT2D eigenvalue weighted by molar-refractivity contribution is 7.47. The first kappa shape index (κ1) is 114. The number of aliphatic hydroxyl groups is 2. The molecule has 0 aliphatic heterocycles. The highest BCUT2D eigenvalue weighted by Crippen LogP contribution is 2.45. The highest BCUT2D eigenvalue weighted by Gasteiger charge is 2.30. The van der Waals surface area contributed by atoms with E-state index in [4.69, 9.17) is 32.3 Å². The Kier molecular flexibility index (Phi) is 88.2. The first-order chi connectivity index (χ1) is 58.2. The second kappa shape index (κ2) is 92.1. The third-order valence-corrected chi connectivity index (χ3v) is 21.8. The van der Waals surface area contributed by atoms with Gasteiger partial charge in [-0.25, -0.2) is 9.13 Å². The first-order valence-electron chi connectivity index (χ1n) is 47.4. The van der Waals surface area contributed by atoms with Crippen molar-refractivity contribution in [2.45, 2.75) is 411 Å². The van der Waals surface area contributed by atoms with E-state index in [1.54, 1.807) is 0 Å². The Morgan fingerprint density at radius 1 is 0.244 bits per heavy atom. The summed E-state index contributed by atoms with van der Waals surface area (Å²) in [7, 11) is -9.82. The number of unbranched alkanes of at least 4 members (excludes halogenated alkanes) is 38. The number of hydrogen-bond donors (Lipinski definition) is 4. The van der Waals surface area contributed by atoms with Crippen molar-refractivity contribution >= 4 is 33.6 Å². The summed E-state index contributed by atoms with van der Waals surface area (Å²) in [6.45, 7) is 2.47. The van der Waals surface area contributed by atoms with E-state index >= 15 is 0 Å². The van der Waals surface area contributed by atoms with Crippen molar-refractivity contribution in [2.75, 3.05) is 39.6 Å². The molecular formula is C101H172O16P2. The number of allylic oxidation sites excluding steroid dienone is 28. The van der Waals surface area contributed by atoms with Crippen LogP contribution in [0.25, 0.3) is 0 Å². The van der Waals surface area contributed by atoms with Crippen molar-refractivity contribution in [1.82, 2.24) is 0 Å². The molecule has 0 amide bonds. The minimum absolute atomic E-state index is 0.0922. The summed E-state index contributed by atoms with van der Waals surface area (Å²) < 4.78 is 61.6. The first-order valence-corrected chi connectivity index (χ1v) is 50.4. The minimum Gasteiger partial charge on any atom is -0.463 e. The van der Waals surface area contributed by atoms with Crippen LogP contribution in [-0.4, -0.2) is 95.9 Å². The van der Waals surface area contributed by atoms with Crippen molar-refractivity contribution in [2.24, 2.45) is 0 Å². The molecule has 0 spiro atoms. The number of ether oxygens (including phenoxy) is 3. The van der Waals surface area contributed by atoms with Crippen LogP contribution in [0.4, 0.5) is 0 Å². The van der Waals surface area contributed by atoms with Gasteiger partial charge in [-0.05, 0) is 154 Å². The SMILES string of the molecule is CC/C=C\C/C=C\C/C=C\C/C=C\C/C=C\CCCCCCCCCCCCCCCCCC(=O)OCC(O)COP(=O)(O)OCC(O)COP(=O)(O)OCC(COC(=O)CCCCCCCCCCCCC/C=C\C/C=C\C/C=C\C/C=C\CCCCC)OC(=O)CCCCCCCCCCC/C=C\C/C=C\C/C=C\C/C=C\C/C=C\CC. The summed E-state index contributed by atoms with van der Waals surface area (Å²) in [5.74, 6) is -1.58. The third-order valence-electron chi connectivity index (χ3n) is 19.9. The van der Waals surface area contributed by atoms with Gasteiger partial charge in [0.05, 0.1) is 26.4 Å². The number of phosphoric acid groups is 2. The molecule has 119 heavy (non-hydrogen) atoms. The predicted octanol–water partition coefficient (Wildman–Crippen LogP) is 29.4. The van der Waals surface area contributed by atoms with E-state index in [1.807, 2.05) is 0 Å². The zero-order valence-electron chi connectivity index (χ0n) is 75.2. The molecule has 0 aliphatic carbocycles. The van der Waals surface area contributed by atoms with E-state index in [2.05, 4.69) is 191 Å². The van der Waals surface area contributed by atoms with Crippen molar-refractivity contribution < 1.29 is 75.8 Å². The normalized spacial score (nSPS) is 14.5. The zero-order valence-corrected chi connectivity index (χ0v) is 77.0. The number of hydrogen-bond acceptors (Lipinski definition) is 14. The number of carbonyl (C=O) groups excluding carboxylic acids is 3. The molecule has 5 atom stereocenters. The molecule has 682 valence electrons. The Morgan fingerprint density at radius 3 is 0.706 bits per heavy atom. The molecule has 0 saturated heterocycles. The number of esters is 3. The van der Waals surface area contributed by atoms with Crippen LogP contribution in [0.5, 0.6) is 0 Å². The predicted molar refractivity (Wildman–Crippen MR) is 500 cm³/mol. The smallest absolute Gasteiger partial charge is 0.463 e. The molecule has 0 radical (unpaired) electrons. The molecule has 4 N–H and O–H groups in total.